The molecule has 25 heavy (non-hydrogen) atoms. The Balaban J connectivity index is 0.00000225. The lowest BCUT2D eigenvalue weighted by molar-refractivity contribution is 0.242. The maximum absolute atomic E-state index is 5.97. The molecule has 1 aliphatic carbocycles. The van der Waals surface area contributed by atoms with E-state index in [1.807, 2.05) is 38.1 Å². The molecule has 6 nitrogen and oxygen atoms in total. The number of nitrogens with one attached hydrogen (secondary N) is 1. The van der Waals surface area contributed by atoms with Gasteiger partial charge >= 0.3 is 0 Å². The van der Waals surface area contributed by atoms with Crippen molar-refractivity contribution in [2.24, 2.45) is 10.7 Å². The minimum Gasteiger partial charge on any atom is -0.491 e. The second-order valence-electron chi connectivity index (χ2n) is 6.26. The van der Waals surface area contributed by atoms with Gasteiger partial charge in [-0.15, -0.1) is 24.0 Å². The summed E-state index contributed by atoms with van der Waals surface area (Å²) in [4.78, 5) is 4.37. The predicted molar refractivity (Wildman–Crippen MR) is 110 cm³/mol. The number of nitrogens with zero attached hydrogens (tertiary/aromatic N) is 2. The van der Waals surface area contributed by atoms with Crippen LogP contribution in [0.5, 0.6) is 5.75 Å². The summed E-state index contributed by atoms with van der Waals surface area (Å²) in [6.45, 7) is 4.44. The van der Waals surface area contributed by atoms with Crippen LogP contribution < -0.4 is 15.8 Å². The van der Waals surface area contributed by atoms with Gasteiger partial charge in [-0.25, -0.2) is 4.99 Å². The lowest BCUT2D eigenvalue weighted by atomic mass is 9.96. The fraction of sp³-hybridized carbons (Fsp3) is 0.444. The first-order valence-electron chi connectivity index (χ1n) is 8.42. The van der Waals surface area contributed by atoms with Gasteiger partial charge in [0.15, 0.2) is 5.96 Å². The van der Waals surface area contributed by atoms with Gasteiger partial charge in [-0.1, -0.05) is 5.16 Å². The molecule has 1 heterocycles. The van der Waals surface area contributed by atoms with Crippen molar-refractivity contribution in [1.29, 1.82) is 0 Å². The SMILES string of the molecule is CC(C)Oc1ccc(NC(N)=NCc2noc3c2CCCC3)cc1.I. The van der Waals surface area contributed by atoms with E-state index in [0.29, 0.717) is 12.5 Å². The standard InChI is InChI=1S/C18H24N4O2.HI/c1-12(2)23-14-9-7-13(8-10-14)21-18(19)20-11-16-15-5-3-4-6-17(15)24-22-16;/h7-10,12H,3-6,11H2,1-2H3,(H3,19,20,21);1H. The van der Waals surface area contributed by atoms with E-state index in [1.165, 1.54) is 18.4 Å². The van der Waals surface area contributed by atoms with Crippen molar-refractivity contribution in [3.8, 4) is 5.75 Å². The van der Waals surface area contributed by atoms with Crippen LogP contribution in [-0.2, 0) is 19.4 Å². The summed E-state index contributed by atoms with van der Waals surface area (Å²) in [6.07, 6.45) is 4.51. The molecule has 1 aromatic heterocycles. The van der Waals surface area contributed by atoms with Crippen molar-refractivity contribution in [3.63, 3.8) is 0 Å². The quantitative estimate of drug-likeness (QED) is 0.405. The highest BCUT2D eigenvalue weighted by Crippen LogP contribution is 2.24. The Labute approximate surface area is 165 Å². The maximum Gasteiger partial charge on any atom is 0.193 e. The third kappa shape index (κ3) is 5.35. The molecular formula is C18H25IN4O2. The second kappa shape index (κ2) is 9.07. The van der Waals surface area contributed by atoms with E-state index in [9.17, 15) is 0 Å². The largest absolute Gasteiger partial charge is 0.491 e. The molecule has 0 aliphatic heterocycles. The van der Waals surface area contributed by atoms with E-state index in [4.69, 9.17) is 15.0 Å². The molecule has 3 N–H and O–H groups in total. The smallest absolute Gasteiger partial charge is 0.193 e. The van der Waals surface area contributed by atoms with Crippen LogP contribution in [0.1, 0.15) is 43.7 Å². The monoisotopic (exact) mass is 456 g/mol. The van der Waals surface area contributed by atoms with Gasteiger partial charge < -0.3 is 20.3 Å². The zero-order valence-electron chi connectivity index (χ0n) is 14.6. The van der Waals surface area contributed by atoms with Gasteiger partial charge in [0.2, 0.25) is 0 Å². The van der Waals surface area contributed by atoms with Gasteiger partial charge in [0.05, 0.1) is 12.6 Å². The van der Waals surface area contributed by atoms with E-state index in [1.54, 1.807) is 0 Å². The third-order valence-corrected chi connectivity index (χ3v) is 3.93. The van der Waals surface area contributed by atoms with E-state index in [2.05, 4.69) is 15.5 Å². The number of anilines is 1. The molecule has 7 heteroatoms. The molecule has 2 aromatic rings. The van der Waals surface area contributed by atoms with Gasteiger partial charge in [0.1, 0.15) is 17.2 Å². The van der Waals surface area contributed by atoms with Crippen LogP contribution in [0.25, 0.3) is 0 Å². The first-order valence-corrected chi connectivity index (χ1v) is 8.42. The number of ether oxygens (including phenoxy) is 1. The number of rotatable bonds is 5. The minimum atomic E-state index is 0. The van der Waals surface area contributed by atoms with Crippen molar-refractivity contribution in [2.75, 3.05) is 5.32 Å². The highest BCUT2D eigenvalue weighted by molar-refractivity contribution is 14.0. The molecule has 3 rings (SSSR count). The number of hydrogen-bond donors (Lipinski definition) is 2. The van der Waals surface area contributed by atoms with E-state index >= 15 is 0 Å². The molecule has 0 saturated carbocycles. The van der Waals surface area contributed by atoms with Crippen molar-refractivity contribution in [1.82, 2.24) is 5.16 Å². The van der Waals surface area contributed by atoms with Crippen LogP contribution in [0, 0.1) is 0 Å². The number of nitrogens with two attached hydrogens (primary N) is 1. The number of hydrogen-bond acceptors (Lipinski definition) is 4. The molecule has 136 valence electrons. The van der Waals surface area contributed by atoms with Gasteiger partial charge in [-0.2, -0.15) is 0 Å². The first kappa shape index (κ1) is 19.6. The Kier molecular flexibility index (Phi) is 7.10. The Hall–Kier alpha value is -1.77. The van der Waals surface area contributed by atoms with Crippen LogP contribution in [0.3, 0.4) is 0 Å². The molecule has 0 saturated heterocycles. The average Bonchev–Trinajstić information content (AvgIpc) is 2.98. The predicted octanol–water partition coefficient (Wildman–Crippen LogP) is 3.89. The van der Waals surface area contributed by atoms with Crippen LogP contribution >= 0.6 is 24.0 Å². The minimum absolute atomic E-state index is 0. The van der Waals surface area contributed by atoms with E-state index in [0.717, 1.165) is 35.7 Å². The van der Waals surface area contributed by atoms with Crippen LogP contribution in [0.4, 0.5) is 5.69 Å². The zero-order valence-corrected chi connectivity index (χ0v) is 16.9. The van der Waals surface area contributed by atoms with E-state index < -0.39 is 0 Å². The zero-order chi connectivity index (χ0) is 16.9. The highest BCUT2D eigenvalue weighted by atomic mass is 127. The molecule has 1 aromatic carbocycles. The summed E-state index contributed by atoms with van der Waals surface area (Å²) in [5, 5.41) is 7.21. The Bertz CT molecular complexity index is 710. The summed E-state index contributed by atoms with van der Waals surface area (Å²) >= 11 is 0. The van der Waals surface area contributed by atoms with Gasteiger partial charge in [-0.05, 0) is 57.4 Å². The number of fused-ring (bicyclic) bond motifs is 1. The maximum atomic E-state index is 5.97. The van der Waals surface area contributed by atoms with E-state index in [-0.39, 0.29) is 30.1 Å². The molecule has 0 atom stereocenters. The lowest BCUT2D eigenvalue weighted by Gasteiger charge is -2.11. The molecule has 0 unspecified atom stereocenters. The summed E-state index contributed by atoms with van der Waals surface area (Å²) in [5.74, 6) is 2.21. The second-order valence-corrected chi connectivity index (χ2v) is 6.26. The fourth-order valence-electron chi connectivity index (χ4n) is 2.81. The molecule has 1 aliphatic rings. The van der Waals surface area contributed by atoms with Gasteiger partial charge in [0.25, 0.3) is 0 Å². The van der Waals surface area contributed by atoms with Gasteiger partial charge in [-0.3, -0.25) is 0 Å². The normalized spacial score (nSPS) is 14.0. The van der Waals surface area contributed by atoms with Crippen molar-refractivity contribution < 1.29 is 9.26 Å². The van der Waals surface area contributed by atoms with Crippen molar-refractivity contribution in [2.45, 2.75) is 52.2 Å². The number of aryl methyl sites for hydroxylation is 1. The summed E-state index contributed by atoms with van der Waals surface area (Å²) in [7, 11) is 0. The third-order valence-electron chi connectivity index (χ3n) is 3.93. The molecular weight excluding hydrogens is 431 g/mol. The average molecular weight is 456 g/mol. The summed E-state index contributed by atoms with van der Waals surface area (Å²) in [5.41, 5.74) is 8.95. The van der Waals surface area contributed by atoms with Crippen molar-refractivity contribution >= 4 is 35.6 Å². The Morgan fingerprint density at radius 1 is 1.28 bits per heavy atom. The summed E-state index contributed by atoms with van der Waals surface area (Å²) < 4.78 is 11.0. The fourth-order valence-corrected chi connectivity index (χ4v) is 2.81. The Morgan fingerprint density at radius 2 is 2.00 bits per heavy atom. The van der Waals surface area contributed by atoms with Gasteiger partial charge in [0, 0.05) is 17.7 Å². The first-order chi connectivity index (χ1) is 11.6. The molecule has 0 bridgehead atoms. The van der Waals surface area contributed by atoms with Crippen LogP contribution in [-0.4, -0.2) is 17.2 Å². The highest BCUT2D eigenvalue weighted by Gasteiger charge is 2.18. The number of guanidine groups is 1. The number of aliphatic imine (C=N–C) groups is 1. The number of aromatic nitrogens is 1. The summed E-state index contributed by atoms with van der Waals surface area (Å²) in [6, 6.07) is 7.64. The molecule has 0 spiro atoms. The lowest BCUT2D eigenvalue weighted by Crippen LogP contribution is -2.22. The topological polar surface area (TPSA) is 85.7 Å². The molecule has 0 radical (unpaired) electrons. The number of halogens is 1. The van der Waals surface area contributed by atoms with Crippen LogP contribution in [0.15, 0.2) is 33.8 Å². The van der Waals surface area contributed by atoms with Crippen LogP contribution in [0.2, 0.25) is 0 Å². The van der Waals surface area contributed by atoms with Crippen molar-refractivity contribution in [3.05, 3.63) is 41.3 Å². The number of benzene rings is 1. The Morgan fingerprint density at radius 3 is 2.72 bits per heavy atom. The molecule has 0 amide bonds. The molecule has 0 fully saturated rings.